The lowest BCUT2D eigenvalue weighted by Gasteiger charge is -2.07. The standard InChI is InChI=1S/C11H12BrN/c1-9-4-2-3-5-11(9)6-10(7-12)8-13/h2-5,10H,6-7H2,1H3. The van der Waals surface area contributed by atoms with E-state index in [-0.39, 0.29) is 5.92 Å². The fourth-order valence-electron chi connectivity index (χ4n) is 1.24. The molecule has 0 radical (unpaired) electrons. The number of hydrogen-bond donors (Lipinski definition) is 0. The SMILES string of the molecule is Cc1ccccc1CC(C#N)CBr. The molecule has 1 aromatic rings. The van der Waals surface area contributed by atoms with E-state index in [1.54, 1.807) is 0 Å². The molecule has 0 aliphatic carbocycles. The van der Waals surface area contributed by atoms with Crippen molar-refractivity contribution in [3.8, 4) is 6.07 Å². The van der Waals surface area contributed by atoms with Crippen molar-refractivity contribution in [1.82, 2.24) is 0 Å². The van der Waals surface area contributed by atoms with Crippen LogP contribution in [0.5, 0.6) is 0 Å². The molecule has 1 rings (SSSR count). The van der Waals surface area contributed by atoms with E-state index < -0.39 is 0 Å². The third-order valence-corrected chi connectivity index (χ3v) is 2.88. The Morgan fingerprint density at radius 3 is 2.69 bits per heavy atom. The Bertz CT molecular complexity index is 314. The predicted octanol–water partition coefficient (Wildman–Crippen LogP) is 3.07. The van der Waals surface area contributed by atoms with Crippen LogP contribution in [0.2, 0.25) is 0 Å². The van der Waals surface area contributed by atoms with Gasteiger partial charge in [0.2, 0.25) is 0 Å². The predicted molar refractivity (Wildman–Crippen MR) is 57.8 cm³/mol. The molecule has 0 spiro atoms. The number of nitrogens with zero attached hydrogens (tertiary/aromatic N) is 1. The van der Waals surface area contributed by atoms with E-state index in [1.807, 2.05) is 12.1 Å². The summed E-state index contributed by atoms with van der Waals surface area (Å²) in [7, 11) is 0. The van der Waals surface area contributed by atoms with E-state index >= 15 is 0 Å². The fraction of sp³-hybridized carbons (Fsp3) is 0.364. The van der Waals surface area contributed by atoms with Gasteiger partial charge in [-0.05, 0) is 24.5 Å². The zero-order valence-corrected chi connectivity index (χ0v) is 9.21. The van der Waals surface area contributed by atoms with Crippen molar-refractivity contribution in [2.75, 3.05) is 5.33 Å². The Balaban J connectivity index is 2.74. The zero-order chi connectivity index (χ0) is 9.68. The van der Waals surface area contributed by atoms with Crippen LogP contribution >= 0.6 is 15.9 Å². The minimum Gasteiger partial charge on any atom is -0.198 e. The molecule has 0 fully saturated rings. The molecule has 13 heavy (non-hydrogen) atoms. The number of nitriles is 1. The molecule has 0 bridgehead atoms. The van der Waals surface area contributed by atoms with Crippen LogP contribution in [0.3, 0.4) is 0 Å². The van der Waals surface area contributed by atoms with Gasteiger partial charge in [-0.15, -0.1) is 0 Å². The highest BCUT2D eigenvalue weighted by Crippen LogP contribution is 2.14. The molecule has 2 heteroatoms. The average Bonchev–Trinajstić information content (AvgIpc) is 2.17. The summed E-state index contributed by atoms with van der Waals surface area (Å²) in [5.74, 6) is 0.0844. The van der Waals surface area contributed by atoms with Crippen molar-refractivity contribution in [1.29, 1.82) is 5.26 Å². The lowest BCUT2D eigenvalue weighted by atomic mass is 9.99. The van der Waals surface area contributed by atoms with E-state index in [0.717, 1.165) is 11.8 Å². The molecule has 1 unspecified atom stereocenters. The van der Waals surface area contributed by atoms with Gasteiger partial charge in [0.25, 0.3) is 0 Å². The molecule has 0 saturated heterocycles. The van der Waals surface area contributed by atoms with Gasteiger partial charge in [-0.2, -0.15) is 5.26 Å². The summed E-state index contributed by atoms with van der Waals surface area (Å²) in [5.41, 5.74) is 2.54. The molecule has 0 heterocycles. The Hall–Kier alpha value is -0.810. The smallest absolute Gasteiger partial charge is 0.0668 e. The van der Waals surface area contributed by atoms with Crippen LogP contribution in [0.1, 0.15) is 11.1 Å². The topological polar surface area (TPSA) is 23.8 Å². The van der Waals surface area contributed by atoms with E-state index in [9.17, 15) is 0 Å². The average molecular weight is 238 g/mol. The zero-order valence-electron chi connectivity index (χ0n) is 7.63. The van der Waals surface area contributed by atoms with Crippen LogP contribution in [0, 0.1) is 24.2 Å². The van der Waals surface area contributed by atoms with Crippen molar-refractivity contribution in [2.45, 2.75) is 13.3 Å². The molecule has 0 amide bonds. The molecule has 68 valence electrons. The van der Waals surface area contributed by atoms with E-state index in [1.165, 1.54) is 11.1 Å². The van der Waals surface area contributed by atoms with Crippen molar-refractivity contribution in [2.24, 2.45) is 5.92 Å². The Morgan fingerprint density at radius 2 is 2.15 bits per heavy atom. The van der Waals surface area contributed by atoms with Crippen molar-refractivity contribution in [3.05, 3.63) is 35.4 Å². The van der Waals surface area contributed by atoms with Gasteiger partial charge in [0.15, 0.2) is 0 Å². The van der Waals surface area contributed by atoms with Gasteiger partial charge in [-0.3, -0.25) is 0 Å². The second-order valence-corrected chi connectivity index (χ2v) is 3.76. The summed E-state index contributed by atoms with van der Waals surface area (Å²) in [5, 5.41) is 9.55. The lowest BCUT2D eigenvalue weighted by molar-refractivity contribution is 0.752. The molecule has 1 atom stereocenters. The second-order valence-electron chi connectivity index (χ2n) is 3.11. The normalized spacial score (nSPS) is 12.1. The van der Waals surface area contributed by atoms with E-state index in [4.69, 9.17) is 5.26 Å². The highest BCUT2D eigenvalue weighted by molar-refractivity contribution is 9.09. The lowest BCUT2D eigenvalue weighted by Crippen LogP contribution is -2.04. The molecule has 0 aliphatic rings. The third-order valence-electron chi connectivity index (χ3n) is 2.10. The highest BCUT2D eigenvalue weighted by Gasteiger charge is 2.07. The van der Waals surface area contributed by atoms with Crippen molar-refractivity contribution >= 4 is 15.9 Å². The first-order valence-corrected chi connectivity index (χ1v) is 5.40. The highest BCUT2D eigenvalue weighted by atomic mass is 79.9. The van der Waals surface area contributed by atoms with Gasteiger partial charge in [0.05, 0.1) is 12.0 Å². The van der Waals surface area contributed by atoms with Crippen LogP contribution in [0.25, 0.3) is 0 Å². The summed E-state index contributed by atoms with van der Waals surface area (Å²) >= 11 is 3.34. The molecule has 0 aromatic heterocycles. The largest absolute Gasteiger partial charge is 0.198 e. The molecule has 1 nitrogen and oxygen atoms in total. The Kier molecular flexibility index (Phi) is 3.98. The molecule has 0 saturated carbocycles. The number of aryl methyl sites for hydroxylation is 1. The van der Waals surface area contributed by atoms with Crippen LogP contribution < -0.4 is 0 Å². The number of alkyl halides is 1. The van der Waals surface area contributed by atoms with Crippen LogP contribution in [0.15, 0.2) is 24.3 Å². The summed E-state index contributed by atoms with van der Waals surface area (Å²) in [6.07, 6.45) is 0.842. The van der Waals surface area contributed by atoms with Gasteiger partial charge in [-0.1, -0.05) is 40.2 Å². The van der Waals surface area contributed by atoms with Crippen molar-refractivity contribution in [3.63, 3.8) is 0 Å². The van der Waals surface area contributed by atoms with Gasteiger partial charge < -0.3 is 0 Å². The first kappa shape index (κ1) is 10.3. The van der Waals surface area contributed by atoms with Crippen molar-refractivity contribution < 1.29 is 0 Å². The Labute approximate surface area is 87.5 Å². The minimum absolute atomic E-state index is 0.0844. The third kappa shape index (κ3) is 2.86. The first-order chi connectivity index (χ1) is 6.27. The van der Waals surface area contributed by atoms with Crippen LogP contribution in [0.4, 0.5) is 0 Å². The summed E-state index contributed by atoms with van der Waals surface area (Å²) in [4.78, 5) is 0. The minimum atomic E-state index is 0.0844. The van der Waals surface area contributed by atoms with Gasteiger partial charge in [0, 0.05) is 5.33 Å². The van der Waals surface area contributed by atoms with Crippen LogP contribution in [-0.4, -0.2) is 5.33 Å². The monoisotopic (exact) mass is 237 g/mol. The summed E-state index contributed by atoms with van der Waals surface area (Å²) in [6, 6.07) is 10.5. The molecular formula is C11H12BrN. The van der Waals surface area contributed by atoms with Gasteiger partial charge in [0.1, 0.15) is 0 Å². The second kappa shape index (κ2) is 5.04. The number of hydrogen-bond acceptors (Lipinski definition) is 1. The van der Waals surface area contributed by atoms with E-state index in [2.05, 4.69) is 41.1 Å². The van der Waals surface area contributed by atoms with Crippen LogP contribution in [-0.2, 0) is 6.42 Å². The summed E-state index contributed by atoms with van der Waals surface area (Å²) < 4.78 is 0. The fourth-order valence-corrected chi connectivity index (χ4v) is 1.61. The maximum atomic E-state index is 8.80. The molecule has 0 aliphatic heterocycles. The van der Waals surface area contributed by atoms with Gasteiger partial charge in [-0.25, -0.2) is 0 Å². The molecule has 0 N–H and O–H groups in total. The first-order valence-electron chi connectivity index (χ1n) is 4.28. The Morgan fingerprint density at radius 1 is 1.46 bits per heavy atom. The number of benzene rings is 1. The van der Waals surface area contributed by atoms with Gasteiger partial charge >= 0.3 is 0 Å². The molecular weight excluding hydrogens is 226 g/mol. The quantitative estimate of drug-likeness (QED) is 0.742. The number of halogens is 1. The molecule has 1 aromatic carbocycles. The maximum Gasteiger partial charge on any atom is 0.0668 e. The van der Waals surface area contributed by atoms with E-state index in [0.29, 0.717) is 0 Å². The number of rotatable bonds is 3. The summed E-state index contributed by atoms with van der Waals surface area (Å²) in [6.45, 7) is 2.08. The maximum absolute atomic E-state index is 8.80.